The summed E-state index contributed by atoms with van der Waals surface area (Å²) in [6, 6.07) is 14.1. The molecule has 2 N–H and O–H groups in total. The minimum atomic E-state index is -0.917. The molecule has 0 amide bonds. The van der Waals surface area contributed by atoms with Gasteiger partial charge in [-0.2, -0.15) is 0 Å². The van der Waals surface area contributed by atoms with E-state index in [1.165, 1.54) is 0 Å². The van der Waals surface area contributed by atoms with Crippen molar-refractivity contribution in [3.05, 3.63) is 54.1 Å². The predicted molar refractivity (Wildman–Crippen MR) is 85.0 cm³/mol. The molecule has 0 heterocycles. The van der Waals surface area contributed by atoms with Gasteiger partial charge in [0.2, 0.25) is 0 Å². The zero-order valence-electron chi connectivity index (χ0n) is 12.4. The molecule has 0 saturated heterocycles. The van der Waals surface area contributed by atoms with Crippen molar-refractivity contribution in [1.82, 2.24) is 0 Å². The van der Waals surface area contributed by atoms with Crippen LogP contribution in [0.4, 0.5) is 5.69 Å². The van der Waals surface area contributed by atoms with E-state index < -0.39 is 5.97 Å². The maximum absolute atomic E-state index is 10.7. The number of nitrogens with one attached hydrogen (secondary N) is 1. The fourth-order valence-electron chi connectivity index (χ4n) is 1.90. The van der Waals surface area contributed by atoms with Gasteiger partial charge < -0.3 is 19.9 Å². The first-order valence-electron chi connectivity index (χ1n) is 7.03. The largest absolute Gasteiger partial charge is 0.497 e. The second kappa shape index (κ2) is 7.93. The van der Waals surface area contributed by atoms with E-state index in [1.54, 1.807) is 31.4 Å². The average Bonchev–Trinajstić information content (AvgIpc) is 2.55. The molecule has 2 rings (SSSR count). The Hall–Kier alpha value is -2.69. The smallest absolute Gasteiger partial charge is 0.335 e. The van der Waals surface area contributed by atoms with Gasteiger partial charge in [-0.05, 0) is 55.0 Å². The fraction of sp³-hybridized carbons (Fsp3) is 0.235. The third-order valence-corrected chi connectivity index (χ3v) is 3.11. The van der Waals surface area contributed by atoms with Crippen LogP contribution in [0.2, 0.25) is 0 Å². The van der Waals surface area contributed by atoms with E-state index in [0.29, 0.717) is 6.61 Å². The van der Waals surface area contributed by atoms with Crippen LogP contribution in [0.15, 0.2) is 48.5 Å². The van der Waals surface area contributed by atoms with Crippen LogP contribution in [-0.2, 0) is 0 Å². The standard InChI is InChI=1S/C17H19NO4/c1-21-15-7-9-16(10-8-15)22-12-2-11-18-14-5-3-13(4-6-14)17(19)20/h3-10,18H,2,11-12H2,1H3,(H,19,20). The molecule has 0 fully saturated rings. The SMILES string of the molecule is COc1ccc(OCCCNc2ccc(C(=O)O)cc2)cc1. The summed E-state index contributed by atoms with van der Waals surface area (Å²) in [6.07, 6.45) is 0.840. The molecule has 0 bridgehead atoms. The van der Waals surface area contributed by atoms with Crippen molar-refractivity contribution in [1.29, 1.82) is 0 Å². The quantitative estimate of drug-likeness (QED) is 0.732. The summed E-state index contributed by atoms with van der Waals surface area (Å²) in [5, 5.41) is 12.0. The first-order chi connectivity index (χ1) is 10.7. The molecule has 116 valence electrons. The average molecular weight is 301 g/mol. The summed E-state index contributed by atoms with van der Waals surface area (Å²) < 4.78 is 10.7. The van der Waals surface area contributed by atoms with Crippen molar-refractivity contribution in [2.75, 3.05) is 25.6 Å². The zero-order chi connectivity index (χ0) is 15.8. The Morgan fingerprint density at radius 1 is 1.05 bits per heavy atom. The van der Waals surface area contributed by atoms with Crippen LogP contribution in [0.1, 0.15) is 16.8 Å². The van der Waals surface area contributed by atoms with Crippen molar-refractivity contribution >= 4 is 11.7 Å². The molecule has 5 nitrogen and oxygen atoms in total. The first-order valence-corrected chi connectivity index (χ1v) is 7.03. The summed E-state index contributed by atoms with van der Waals surface area (Å²) in [6.45, 7) is 1.36. The molecule has 22 heavy (non-hydrogen) atoms. The lowest BCUT2D eigenvalue weighted by atomic mass is 10.2. The highest BCUT2D eigenvalue weighted by atomic mass is 16.5. The van der Waals surface area contributed by atoms with E-state index in [2.05, 4.69) is 5.32 Å². The first kappa shape index (κ1) is 15.7. The normalized spacial score (nSPS) is 10.0. The highest BCUT2D eigenvalue weighted by Gasteiger charge is 2.01. The van der Waals surface area contributed by atoms with Crippen LogP contribution in [0.25, 0.3) is 0 Å². The number of anilines is 1. The molecule has 0 aliphatic carbocycles. The Balaban J connectivity index is 1.67. The van der Waals surface area contributed by atoms with Crippen molar-refractivity contribution in [3.63, 3.8) is 0 Å². The van der Waals surface area contributed by atoms with Crippen LogP contribution < -0.4 is 14.8 Å². The second-order valence-corrected chi connectivity index (χ2v) is 4.69. The number of carboxylic acids is 1. The number of aromatic carboxylic acids is 1. The molecule has 5 heteroatoms. The Morgan fingerprint density at radius 3 is 2.27 bits per heavy atom. The maximum Gasteiger partial charge on any atom is 0.335 e. The van der Waals surface area contributed by atoms with Crippen molar-refractivity contribution in [2.24, 2.45) is 0 Å². The molecule has 2 aromatic carbocycles. The zero-order valence-corrected chi connectivity index (χ0v) is 12.4. The van der Waals surface area contributed by atoms with Gasteiger partial charge in [-0.25, -0.2) is 4.79 Å². The van der Waals surface area contributed by atoms with E-state index in [-0.39, 0.29) is 5.56 Å². The molecular formula is C17H19NO4. The molecule has 0 aromatic heterocycles. The fourth-order valence-corrected chi connectivity index (χ4v) is 1.90. The summed E-state index contributed by atoms with van der Waals surface area (Å²) in [5.41, 5.74) is 1.18. The lowest BCUT2D eigenvalue weighted by molar-refractivity contribution is 0.0697. The van der Waals surface area contributed by atoms with Gasteiger partial charge in [0.15, 0.2) is 0 Å². The van der Waals surface area contributed by atoms with Gasteiger partial charge in [-0.3, -0.25) is 0 Å². The number of hydrogen-bond donors (Lipinski definition) is 2. The van der Waals surface area contributed by atoms with Crippen LogP contribution >= 0.6 is 0 Å². The highest BCUT2D eigenvalue weighted by molar-refractivity contribution is 5.87. The Morgan fingerprint density at radius 2 is 1.68 bits per heavy atom. The third-order valence-electron chi connectivity index (χ3n) is 3.11. The summed E-state index contributed by atoms with van der Waals surface area (Å²) in [4.78, 5) is 10.7. The predicted octanol–water partition coefficient (Wildman–Crippen LogP) is 3.27. The summed E-state index contributed by atoms with van der Waals surface area (Å²) in [7, 11) is 1.63. The van der Waals surface area contributed by atoms with Gasteiger partial charge in [0.05, 0.1) is 19.3 Å². The third kappa shape index (κ3) is 4.70. The molecule has 0 aliphatic rings. The monoisotopic (exact) mass is 301 g/mol. The maximum atomic E-state index is 10.7. The van der Waals surface area contributed by atoms with Gasteiger partial charge in [0.25, 0.3) is 0 Å². The van der Waals surface area contributed by atoms with Crippen LogP contribution in [0.3, 0.4) is 0 Å². The number of carboxylic acid groups (broad SMARTS) is 1. The van der Waals surface area contributed by atoms with E-state index in [4.69, 9.17) is 14.6 Å². The minimum Gasteiger partial charge on any atom is -0.497 e. The van der Waals surface area contributed by atoms with E-state index in [1.807, 2.05) is 24.3 Å². The van der Waals surface area contributed by atoms with Crippen molar-refractivity contribution < 1.29 is 19.4 Å². The van der Waals surface area contributed by atoms with Crippen molar-refractivity contribution in [3.8, 4) is 11.5 Å². The topological polar surface area (TPSA) is 67.8 Å². The number of ether oxygens (including phenoxy) is 2. The second-order valence-electron chi connectivity index (χ2n) is 4.69. The van der Waals surface area contributed by atoms with Crippen molar-refractivity contribution in [2.45, 2.75) is 6.42 Å². The van der Waals surface area contributed by atoms with Gasteiger partial charge in [0.1, 0.15) is 11.5 Å². The number of methoxy groups -OCH3 is 1. The number of carbonyl (C=O) groups is 1. The molecular weight excluding hydrogens is 282 g/mol. The van der Waals surface area contributed by atoms with Gasteiger partial charge in [-0.15, -0.1) is 0 Å². The molecule has 0 atom stereocenters. The molecule has 0 radical (unpaired) electrons. The molecule has 0 aliphatic heterocycles. The number of rotatable bonds is 8. The lowest BCUT2D eigenvalue weighted by Crippen LogP contribution is -2.07. The van der Waals surface area contributed by atoms with Gasteiger partial charge >= 0.3 is 5.97 Å². The van der Waals surface area contributed by atoms with E-state index in [0.717, 1.165) is 30.2 Å². The van der Waals surface area contributed by atoms with E-state index >= 15 is 0 Å². The summed E-state index contributed by atoms with van der Waals surface area (Å²) in [5.74, 6) is 0.699. The molecule has 0 saturated carbocycles. The van der Waals surface area contributed by atoms with Gasteiger partial charge in [0, 0.05) is 12.2 Å². The number of benzene rings is 2. The molecule has 0 unspecified atom stereocenters. The summed E-state index contributed by atoms with van der Waals surface area (Å²) >= 11 is 0. The van der Waals surface area contributed by atoms with Gasteiger partial charge in [-0.1, -0.05) is 0 Å². The van der Waals surface area contributed by atoms with E-state index in [9.17, 15) is 4.79 Å². The Kier molecular flexibility index (Phi) is 5.65. The minimum absolute atomic E-state index is 0.286. The Labute approximate surface area is 129 Å². The highest BCUT2D eigenvalue weighted by Crippen LogP contribution is 2.17. The number of hydrogen-bond acceptors (Lipinski definition) is 4. The Bertz CT molecular complexity index is 593. The van der Waals surface area contributed by atoms with Crippen LogP contribution in [0, 0.1) is 0 Å². The molecule has 0 spiro atoms. The lowest BCUT2D eigenvalue weighted by Gasteiger charge is -2.09. The molecule has 2 aromatic rings. The van der Waals surface area contributed by atoms with Crippen LogP contribution in [-0.4, -0.2) is 31.3 Å². The van der Waals surface area contributed by atoms with Crippen LogP contribution in [0.5, 0.6) is 11.5 Å².